The third-order valence-corrected chi connectivity index (χ3v) is 3.99. The first kappa shape index (κ1) is 13.8. The minimum absolute atomic E-state index is 0.311. The van der Waals surface area contributed by atoms with Crippen molar-refractivity contribution in [3.05, 3.63) is 65.4 Å². The Morgan fingerprint density at radius 1 is 1.10 bits per heavy atom. The van der Waals surface area contributed by atoms with E-state index < -0.39 is 0 Å². The van der Waals surface area contributed by atoms with E-state index in [2.05, 4.69) is 72.8 Å². The van der Waals surface area contributed by atoms with Gasteiger partial charge in [-0.25, -0.2) is 0 Å². The lowest BCUT2D eigenvalue weighted by Crippen LogP contribution is -2.18. The van der Waals surface area contributed by atoms with E-state index in [1.807, 2.05) is 11.7 Å². The molecular weight excluding hydrogens is 258 g/mol. The molecule has 3 heteroatoms. The largest absolute Gasteiger partial charge is 0.304 e. The third-order valence-electron chi connectivity index (χ3n) is 3.99. The SMILES string of the molecule is Cc1ccc([C@@H](C)NCc2nn(C)c3ccccc23)cc1. The van der Waals surface area contributed by atoms with E-state index in [1.165, 1.54) is 22.0 Å². The molecule has 0 saturated carbocycles. The van der Waals surface area contributed by atoms with Gasteiger partial charge in [0.05, 0.1) is 11.2 Å². The van der Waals surface area contributed by atoms with Crippen LogP contribution in [0, 0.1) is 6.92 Å². The van der Waals surface area contributed by atoms with Gasteiger partial charge >= 0.3 is 0 Å². The van der Waals surface area contributed by atoms with Gasteiger partial charge in [-0.3, -0.25) is 4.68 Å². The van der Waals surface area contributed by atoms with Gasteiger partial charge in [-0.15, -0.1) is 0 Å². The summed E-state index contributed by atoms with van der Waals surface area (Å²) in [7, 11) is 2.00. The van der Waals surface area contributed by atoms with E-state index >= 15 is 0 Å². The van der Waals surface area contributed by atoms with Crippen molar-refractivity contribution in [1.82, 2.24) is 15.1 Å². The van der Waals surface area contributed by atoms with Crippen molar-refractivity contribution >= 4 is 10.9 Å². The van der Waals surface area contributed by atoms with Gasteiger partial charge in [-0.05, 0) is 25.5 Å². The molecule has 1 N–H and O–H groups in total. The fourth-order valence-electron chi connectivity index (χ4n) is 2.64. The lowest BCUT2D eigenvalue weighted by Gasteiger charge is -2.13. The highest BCUT2D eigenvalue weighted by molar-refractivity contribution is 5.81. The zero-order valence-corrected chi connectivity index (χ0v) is 12.8. The van der Waals surface area contributed by atoms with Gasteiger partial charge in [-0.2, -0.15) is 5.10 Å². The minimum atomic E-state index is 0.311. The van der Waals surface area contributed by atoms with Gasteiger partial charge in [0, 0.05) is 25.0 Å². The number of hydrogen-bond donors (Lipinski definition) is 1. The molecule has 1 heterocycles. The first-order valence-corrected chi connectivity index (χ1v) is 7.35. The second-order valence-electron chi connectivity index (χ2n) is 5.60. The number of fused-ring (bicyclic) bond motifs is 1. The first-order valence-electron chi connectivity index (χ1n) is 7.35. The van der Waals surface area contributed by atoms with Crippen LogP contribution in [0.4, 0.5) is 0 Å². The molecule has 2 aromatic carbocycles. The molecule has 0 fully saturated rings. The second-order valence-corrected chi connectivity index (χ2v) is 5.60. The van der Waals surface area contributed by atoms with Crippen LogP contribution in [0.5, 0.6) is 0 Å². The highest BCUT2D eigenvalue weighted by Crippen LogP contribution is 2.19. The Hall–Kier alpha value is -2.13. The van der Waals surface area contributed by atoms with Gasteiger partial charge in [0.1, 0.15) is 0 Å². The molecule has 0 radical (unpaired) electrons. The van der Waals surface area contributed by atoms with Crippen LogP contribution in [-0.4, -0.2) is 9.78 Å². The number of nitrogens with one attached hydrogen (secondary N) is 1. The van der Waals surface area contributed by atoms with Crippen LogP contribution in [0.1, 0.15) is 29.8 Å². The van der Waals surface area contributed by atoms with Crippen LogP contribution in [-0.2, 0) is 13.6 Å². The van der Waals surface area contributed by atoms with Crippen LogP contribution in [0.2, 0.25) is 0 Å². The number of hydrogen-bond acceptors (Lipinski definition) is 2. The number of aromatic nitrogens is 2. The number of rotatable bonds is 4. The molecule has 0 amide bonds. The van der Waals surface area contributed by atoms with Crippen LogP contribution in [0.25, 0.3) is 10.9 Å². The molecule has 21 heavy (non-hydrogen) atoms. The fourth-order valence-corrected chi connectivity index (χ4v) is 2.64. The normalized spacial score (nSPS) is 12.7. The summed E-state index contributed by atoms with van der Waals surface area (Å²) in [5.41, 5.74) is 4.88. The van der Waals surface area contributed by atoms with E-state index in [-0.39, 0.29) is 0 Å². The predicted octanol–water partition coefficient (Wildman–Crippen LogP) is 3.73. The summed E-state index contributed by atoms with van der Waals surface area (Å²) in [6.45, 7) is 5.08. The topological polar surface area (TPSA) is 29.9 Å². The fraction of sp³-hybridized carbons (Fsp3) is 0.278. The Morgan fingerprint density at radius 2 is 1.81 bits per heavy atom. The molecule has 3 rings (SSSR count). The minimum Gasteiger partial charge on any atom is -0.304 e. The van der Waals surface area contributed by atoms with Crippen LogP contribution < -0.4 is 5.32 Å². The Labute approximate surface area is 125 Å². The second kappa shape index (κ2) is 5.70. The van der Waals surface area contributed by atoms with Crippen LogP contribution in [0.3, 0.4) is 0 Å². The van der Waals surface area contributed by atoms with Crippen LogP contribution in [0.15, 0.2) is 48.5 Å². The molecule has 1 aromatic heterocycles. The smallest absolute Gasteiger partial charge is 0.0841 e. The lowest BCUT2D eigenvalue weighted by molar-refractivity contribution is 0.563. The maximum absolute atomic E-state index is 4.62. The van der Waals surface area contributed by atoms with Crippen molar-refractivity contribution in [2.75, 3.05) is 0 Å². The summed E-state index contributed by atoms with van der Waals surface area (Å²) in [5, 5.41) is 9.41. The summed E-state index contributed by atoms with van der Waals surface area (Å²) in [6.07, 6.45) is 0. The van der Waals surface area contributed by atoms with Gasteiger partial charge in [0.15, 0.2) is 0 Å². The zero-order valence-electron chi connectivity index (χ0n) is 12.8. The van der Waals surface area contributed by atoms with Crippen molar-refractivity contribution in [2.45, 2.75) is 26.4 Å². The summed E-state index contributed by atoms with van der Waals surface area (Å²) in [4.78, 5) is 0. The van der Waals surface area contributed by atoms with Crippen molar-refractivity contribution in [3.8, 4) is 0 Å². The average molecular weight is 279 g/mol. The first-order chi connectivity index (χ1) is 10.1. The maximum Gasteiger partial charge on any atom is 0.0841 e. The number of aryl methyl sites for hydroxylation is 2. The molecule has 0 aliphatic heterocycles. The monoisotopic (exact) mass is 279 g/mol. The number of benzene rings is 2. The molecule has 0 spiro atoms. The summed E-state index contributed by atoms with van der Waals surface area (Å²) in [6, 6.07) is 17.4. The number of para-hydroxylation sites is 1. The van der Waals surface area contributed by atoms with Gasteiger partial charge in [-0.1, -0.05) is 48.0 Å². The molecule has 0 aliphatic carbocycles. The highest BCUT2D eigenvalue weighted by atomic mass is 15.3. The molecule has 0 aliphatic rings. The molecule has 0 bridgehead atoms. The lowest BCUT2D eigenvalue weighted by atomic mass is 10.1. The Bertz CT molecular complexity index is 741. The van der Waals surface area contributed by atoms with E-state index in [0.717, 1.165) is 12.2 Å². The van der Waals surface area contributed by atoms with Crippen LogP contribution >= 0.6 is 0 Å². The van der Waals surface area contributed by atoms with Crippen molar-refractivity contribution in [3.63, 3.8) is 0 Å². The Balaban J connectivity index is 1.76. The molecule has 1 atom stereocenters. The summed E-state index contributed by atoms with van der Waals surface area (Å²) < 4.78 is 1.95. The molecule has 3 nitrogen and oxygen atoms in total. The van der Waals surface area contributed by atoms with Gasteiger partial charge in [0.25, 0.3) is 0 Å². The molecule has 108 valence electrons. The van der Waals surface area contributed by atoms with Gasteiger partial charge < -0.3 is 5.32 Å². The van der Waals surface area contributed by atoms with Gasteiger partial charge in [0.2, 0.25) is 0 Å². The zero-order chi connectivity index (χ0) is 14.8. The Kier molecular flexibility index (Phi) is 3.76. The quantitative estimate of drug-likeness (QED) is 0.788. The summed E-state index contributed by atoms with van der Waals surface area (Å²) >= 11 is 0. The predicted molar refractivity (Wildman–Crippen MR) is 87.1 cm³/mol. The standard InChI is InChI=1S/C18H21N3/c1-13-8-10-15(11-9-13)14(2)19-12-17-16-6-4-5-7-18(16)21(3)20-17/h4-11,14,19H,12H2,1-3H3/t14-/m1/s1. The maximum atomic E-state index is 4.62. The Morgan fingerprint density at radius 3 is 2.57 bits per heavy atom. The van der Waals surface area contributed by atoms with Crippen molar-refractivity contribution in [1.29, 1.82) is 0 Å². The van der Waals surface area contributed by atoms with Crippen molar-refractivity contribution in [2.24, 2.45) is 7.05 Å². The van der Waals surface area contributed by atoms with E-state index in [4.69, 9.17) is 0 Å². The molecule has 0 unspecified atom stereocenters. The van der Waals surface area contributed by atoms with E-state index in [1.54, 1.807) is 0 Å². The van der Waals surface area contributed by atoms with E-state index in [9.17, 15) is 0 Å². The van der Waals surface area contributed by atoms with E-state index in [0.29, 0.717) is 6.04 Å². The number of nitrogens with zero attached hydrogens (tertiary/aromatic N) is 2. The molecule has 0 saturated heterocycles. The third kappa shape index (κ3) is 2.83. The average Bonchev–Trinajstić information content (AvgIpc) is 2.83. The summed E-state index contributed by atoms with van der Waals surface area (Å²) in [5.74, 6) is 0. The molecule has 3 aromatic rings. The highest BCUT2D eigenvalue weighted by Gasteiger charge is 2.10. The molecular formula is C18H21N3. The van der Waals surface area contributed by atoms with Crippen molar-refractivity contribution < 1.29 is 0 Å².